The van der Waals surface area contributed by atoms with Crippen molar-refractivity contribution in [1.82, 2.24) is 0 Å². The second-order valence-electron chi connectivity index (χ2n) is 6.14. The molecule has 21 heavy (non-hydrogen) atoms. The lowest BCUT2D eigenvalue weighted by Gasteiger charge is -2.30. The minimum atomic E-state index is -0.186. The molecule has 0 aromatic heterocycles. The molecule has 2 aliphatic rings. The number of quaternary nitrogens is 1. The van der Waals surface area contributed by atoms with Gasteiger partial charge in [0, 0.05) is 4.47 Å². The van der Waals surface area contributed by atoms with E-state index in [0.717, 1.165) is 36.3 Å². The standard InChI is InChI=1S/C16H19BrN2O2/c1-11-6-8-18(9-7-11)14-10-15(20)19(16(14)21)13-4-2-12(17)3-5-13/h2-5,11,14H,6-10H2,1H3/p+1/t14-/m0/s1. The highest BCUT2D eigenvalue weighted by Crippen LogP contribution is 2.24. The van der Waals surface area contributed by atoms with E-state index in [9.17, 15) is 9.59 Å². The summed E-state index contributed by atoms with van der Waals surface area (Å²) in [6.45, 7) is 4.25. The van der Waals surface area contributed by atoms with Gasteiger partial charge in [0.05, 0.1) is 25.2 Å². The van der Waals surface area contributed by atoms with Gasteiger partial charge < -0.3 is 4.90 Å². The predicted molar refractivity (Wildman–Crippen MR) is 84.1 cm³/mol. The maximum absolute atomic E-state index is 12.7. The van der Waals surface area contributed by atoms with Gasteiger partial charge in [0.15, 0.2) is 6.04 Å². The van der Waals surface area contributed by atoms with Crippen molar-refractivity contribution >= 4 is 33.4 Å². The fraction of sp³-hybridized carbons (Fsp3) is 0.500. The van der Waals surface area contributed by atoms with Crippen molar-refractivity contribution in [2.45, 2.75) is 32.2 Å². The molecule has 1 N–H and O–H groups in total. The summed E-state index contributed by atoms with van der Waals surface area (Å²) in [7, 11) is 0. The number of rotatable bonds is 2. The van der Waals surface area contributed by atoms with Gasteiger partial charge in [-0.25, -0.2) is 4.90 Å². The molecule has 3 rings (SSSR count). The average molecular weight is 352 g/mol. The monoisotopic (exact) mass is 351 g/mol. The molecule has 2 heterocycles. The van der Waals surface area contributed by atoms with Gasteiger partial charge in [-0.15, -0.1) is 0 Å². The van der Waals surface area contributed by atoms with Crippen LogP contribution in [-0.2, 0) is 9.59 Å². The molecule has 0 unspecified atom stereocenters. The highest BCUT2D eigenvalue weighted by atomic mass is 79.9. The minimum absolute atomic E-state index is 0.0353. The lowest BCUT2D eigenvalue weighted by atomic mass is 9.97. The molecule has 0 spiro atoms. The highest BCUT2D eigenvalue weighted by molar-refractivity contribution is 9.10. The van der Waals surface area contributed by atoms with Gasteiger partial charge in [0.25, 0.3) is 5.91 Å². The number of hydrogen-bond donors (Lipinski definition) is 1. The van der Waals surface area contributed by atoms with Crippen LogP contribution in [0.1, 0.15) is 26.2 Å². The fourth-order valence-corrected chi connectivity index (χ4v) is 3.56. The molecule has 0 saturated carbocycles. The molecule has 5 heteroatoms. The van der Waals surface area contributed by atoms with E-state index < -0.39 is 0 Å². The normalized spacial score (nSPS) is 30.0. The van der Waals surface area contributed by atoms with E-state index in [1.54, 1.807) is 0 Å². The van der Waals surface area contributed by atoms with Gasteiger partial charge >= 0.3 is 0 Å². The van der Waals surface area contributed by atoms with Crippen LogP contribution in [0.25, 0.3) is 0 Å². The zero-order valence-electron chi connectivity index (χ0n) is 12.1. The zero-order valence-corrected chi connectivity index (χ0v) is 13.7. The Hall–Kier alpha value is -1.20. The van der Waals surface area contributed by atoms with Crippen molar-refractivity contribution < 1.29 is 14.5 Å². The predicted octanol–water partition coefficient (Wildman–Crippen LogP) is 1.40. The Morgan fingerprint density at radius 1 is 1.14 bits per heavy atom. The quantitative estimate of drug-likeness (QED) is 0.818. The van der Waals surface area contributed by atoms with Gasteiger partial charge in [0.1, 0.15) is 0 Å². The number of anilines is 1. The fourth-order valence-electron chi connectivity index (χ4n) is 3.29. The summed E-state index contributed by atoms with van der Waals surface area (Å²) in [5.41, 5.74) is 0.681. The van der Waals surface area contributed by atoms with Crippen molar-refractivity contribution in [2.24, 2.45) is 5.92 Å². The van der Waals surface area contributed by atoms with E-state index in [-0.39, 0.29) is 17.9 Å². The van der Waals surface area contributed by atoms with E-state index in [2.05, 4.69) is 22.9 Å². The molecular weight excluding hydrogens is 332 g/mol. The minimum Gasteiger partial charge on any atom is -0.324 e. The Bertz CT molecular complexity index is 550. The Balaban J connectivity index is 1.77. The number of benzene rings is 1. The van der Waals surface area contributed by atoms with Crippen LogP contribution in [-0.4, -0.2) is 30.9 Å². The lowest BCUT2D eigenvalue weighted by molar-refractivity contribution is -0.920. The van der Waals surface area contributed by atoms with Crippen molar-refractivity contribution in [1.29, 1.82) is 0 Å². The summed E-state index contributed by atoms with van der Waals surface area (Å²) in [5, 5.41) is 0. The molecule has 4 nitrogen and oxygen atoms in total. The van der Waals surface area contributed by atoms with Crippen LogP contribution in [0.15, 0.2) is 28.7 Å². The Morgan fingerprint density at radius 2 is 1.76 bits per heavy atom. The third-order valence-corrected chi connectivity index (χ3v) is 5.17. The number of halogens is 1. The van der Waals surface area contributed by atoms with Crippen molar-refractivity contribution in [2.75, 3.05) is 18.0 Å². The number of nitrogens with one attached hydrogen (secondary N) is 1. The van der Waals surface area contributed by atoms with E-state index in [1.165, 1.54) is 9.80 Å². The maximum Gasteiger partial charge on any atom is 0.292 e. The Labute approximate surface area is 133 Å². The van der Waals surface area contributed by atoms with Crippen molar-refractivity contribution in [3.8, 4) is 0 Å². The Morgan fingerprint density at radius 3 is 2.38 bits per heavy atom. The van der Waals surface area contributed by atoms with Crippen LogP contribution in [0.2, 0.25) is 0 Å². The second-order valence-corrected chi connectivity index (χ2v) is 7.06. The largest absolute Gasteiger partial charge is 0.324 e. The van der Waals surface area contributed by atoms with E-state index in [1.807, 2.05) is 24.3 Å². The molecule has 2 aliphatic heterocycles. The zero-order chi connectivity index (χ0) is 15.0. The first-order valence-corrected chi connectivity index (χ1v) is 8.32. The second kappa shape index (κ2) is 5.89. The summed E-state index contributed by atoms with van der Waals surface area (Å²) >= 11 is 3.37. The first kappa shape index (κ1) is 14.7. The van der Waals surface area contributed by atoms with Gasteiger partial charge in [-0.05, 0) is 43.0 Å². The summed E-state index contributed by atoms with van der Waals surface area (Å²) in [6, 6.07) is 7.16. The average Bonchev–Trinajstić information content (AvgIpc) is 2.76. The van der Waals surface area contributed by atoms with Gasteiger partial charge in [0.2, 0.25) is 5.91 Å². The molecule has 0 aliphatic carbocycles. The number of piperidine rings is 1. The van der Waals surface area contributed by atoms with Gasteiger partial charge in [-0.2, -0.15) is 0 Å². The van der Waals surface area contributed by atoms with Gasteiger partial charge in [-0.3, -0.25) is 9.59 Å². The van der Waals surface area contributed by atoms with Crippen molar-refractivity contribution in [3.05, 3.63) is 28.7 Å². The molecule has 2 fully saturated rings. The van der Waals surface area contributed by atoms with Crippen LogP contribution in [0, 0.1) is 5.92 Å². The van der Waals surface area contributed by atoms with Crippen LogP contribution < -0.4 is 9.80 Å². The molecule has 0 bridgehead atoms. The molecule has 112 valence electrons. The third-order valence-electron chi connectivity index (χ3n) is 4.64. The molecule has 0 radical (unpaired) electrons. The van der Waals surface area contributed by atoms with E-state index in [4.69, 9.17) is 0 Å². The van der Waals surface area contributed by atoms with Crippen LogP contribution >= 0.6 is 15.9 Å². The molecule has 1 aromatic carbocycles. The van der Waals surface area contributed by atoms with Crippen LogP contribution in [0.4, 0.5) is 5.69 Å². The molecule has 2 saturated heterocycles. The molecular formula is C16H20BrN2O2+. The summed E-state index contributed by atoms with van der Waals surface area (Å²) in [5.74, 6) is 0.633. The number of hydrogen-bond acceptors (Lipinski definition) is 2. The highest BCUT2D eigenvalue weighted by Gasteiger charge is 2.46. The van der Waals surface area contributed by atoms with E-state index >= 15 is 0 Å². The Kier molecular flexibility index (Phi) is 4.13. The number of imide groups is 1. The maximum atomic E-state index is 12.7. The third kappa shape index (κ3) is 2.90. The lowest BCUT2D eigenvalue weighted by Crippen LogP contribution is -3.17. The van der Waals surface area contributed by atoms with Gasteiger partial charge in [-0.1, -0.05) is 22.9 Å². The first-order chi connectivity index (χ1) is 10.1. The first-order valence-electron chi connectivity index (χ1n) is 7.53. The van der Waals surface area contributed by atoms with Crippen LogP contribution in [0.5, 0.6) is 0 Å². The molecule has 1 atom stereocenters. The summed E-state index contributed by atoms with van der Waals surface area (Å²) in [4.78, 5) is 27.6. The summed E-state index contributed by atoms with van der Waals surface area (Å²) < 4.78 is 0.942. The molecule has 1 aromatic rings. The number of carbonyl (C=O) groups is 2. The number of carbonyl (C=O) groups excluding carboxylic acids is 2. The van der Waals surface area contributed by atoms with Crippen molar-refractivity contribution in [3.63, 3.8) is 0 Å². The van der Waals surface area contributed by atoms with E-state index in [0.29, 0.717) is 12.1 Å². The molecule has 2 amide bonds. The SMILES string of the molecule is CC1CC[NH+]([C@H]2CC(=O)N(c3ccc(Br)cc3)C2=O)CC1. The van der Waals surface area contributed by atoms with Crippen LogP contribution in [0.3, 0.4) is 0 Å². The summed E-state index contributed by atoms with van der Waals surface area (Å²) in [6.07, 6.45) is 2.63. The smallest absolute Gasteiger partial charge is 0.292 e. The number of likely N-dealkylation sites (tertiary alicyclic amines) is 1. The number of amides is 2. The number of nitrogens with zero attached hydrogens (tertiary/aromatic N) is 1. The topological polar surface area (TPSA) is 41.8 Å².